The van der Waals surface area contributed by atoms with E-state index in [1.165, 1.54) is 6.08 Å². The quantitative estimate of drug-likeness (QED) is 0.287. The summed E-state index contributed by atoms with van der Waals surface area (Å²) in [6.45, 7) is 1.97. The molecular formula is C25H17Cl2NO2. The van der Waals surface area contributed by atoms with Gasteiger partial charge in [0.25, 0.3) is 5.56 Å². The number of fused-ring (bicyclic) bond motifs is 1. The van der Waals surface area contributed by atoms with Crippen LogP contribution in [0.3, 0.4) is 0 Å². The van der Waals surface area contributed by atoms with Crippen molar-refractivity contribution in [3.63, 3.8) is 0 Å². The molecule has 0 unspecified atom stereocenters. The van der Waals surface area contributed by atoms with Crippen LogP contribution < -0.4 is 5.56 Å². The van der Waals surface area contributed by atoms with Crippen molar-refractivity contribution >= 4 is 46.0 Å². The standard InChI is InChI=1S/C25H17Cl2NO2/c1-15-2-12-21-20(14-15)23(17-6-10-19(27)11-7-17)24(25(30)28-21)22(29)13-5-16-3-8-18(26)9-4-16/h2-14H,1H3,(H,28,30)/b13-5+. The van der Waals surface area contributed by atoms with Crippen LogP contribution in [-0.2, 0) is 0 Å². The first kappa shape index (κ1) is 20.1. The van der Waals surface area contributed by atoms with Gasteiger partial charge >= 0.3 is 0 Å². The molecule has 30 heavy (non-hydrogen) atoms. The van der Waals surface area contributed by atoms with Gasteiger partial charge in [-0.3, -0.25) is 9.59 Å². The van der Waals surface area contributed by atoms with E-state index in [0.29, 0.717) is 21.1 Å². The molecule has 0 bridgehead atoms. The Bertz CT molecular complexity index is 1330. The lowest BCUT2D eigenvalue weighted by Crippen LogP contribution is -2.18. The van der Waals surface area contributed by atoms with E-state index in [-0.39, 0.29) is 11.3 Å². The largest absolute Gasteiger partial charge is 0.321 e. The van der Waals surface area contributed by atoms with Crippen molar-refractivity contribution in [3.8, 4) is 11.1 Å². The van der Waals surface area contributed by atoms with Crippen molar-refractivity contribution in [2.75, 3.05) is 0 Å². The van der Waals surface area contributed by atoms with Gasteiger partial charge in [-0.05, 0) is 60.5 Å². The Morgan fingerprint density at radius 2 is 1.53 bits per heavy atom. The Hall–Kier alpha value is -3.14. The molecule has 1 heterocycles. The maximum absolute atomic E-state index is 13.1. The number of hydrogen-bond donors (Lipinski definition) is 1. The first-order chi connectivity index (χ1) is 14.4. The molecular weight excluding hydrogens is 417 g/mol. The fourth-order valence-corrected chi connectivity index (χ4v) is 3.64. The topological polar surface area (TPSA) is 49.9 Å². The number of carbonyl (C=O) groups is 1. The van der Waals surface area contributed by atoms with Crippen molar-refractivity contribution in [1.29, 1.82) is 0 Å². The summed E-state index contributed by atoms with van der Waals surface area (Å²) in [4.78, 5) is 28.9. The molecule has 5 heteroatoms. The van der Waals surface area contributed by atoms with Crippen LogP contribution in [0.4, 0.5) is 0 Å². The molecule has 0 saturated carbocycles. The molecule has 0 aliphatic carbocycles. The van der Waals surface area contributed by atoms with Crippen molar-refractivity contribution in [1.82, 2.24) is 4.98 Å². The zero-order chi connectivity index (χ0) is 21.3. The van der Waals surface area contributed by atoms with Crippen LogP contribution in [0.1, 0.15) is 21.5 Å². The number of benzene rings is 3. The molecule has 0 fully saturated rings. The smallest absolute Gasteiger partial charge is 0.260 e. The van der Waals surface area contributed by atoms with E-state index in [1.54, 1.807) is 42.5 Å². The molecule has 148 valence electrons. The van der Waals surface area contributed by atoms with Gasteiger partial charge in [0, 0.05) is 26.5 Å². The van der Waals surface area contributed by atoms with Crippen LogP contribution in [0.15, 0.2) is 77.6 Å². The Morgan fingerprint density at radius 3 is 2.20 bits per heavy atom. The van der Waals surface area contributed by atoms with E-state index in [0.717, 1.165) is 22.1 Å². The lowest BCUT2D eigenvalue weighted by molar-refractivity contribution is 0.104. The normalized spacial score (nSPS) is 11.3. The molecule has 0 aliphatic heterocycles. The summed E-state index contributed by atoms with van der Waals surface area (Å²) < 4.78 is 0. The molecule has 3 aromatic carbocycles. The third-order valence-corrected chi connectivity index (χ3v) is 5.35. The van der Waals surface area contributed by atoms with Crippen LogP contribution in [-0.4, -0.2) is 10.8 Å². The number of allylic oxidation sites excluding steroid dienone is 1. The number of aromatic nitrogens is 1. The first-order valence-corrected chi connectivity index (χ1v) is 10.1. The highest BCUT2D eigenvalue weighted by Crippen LogP contribution is 2.31. The van der Waals surface area contributed by atoms with Crippen LogP contribution in [0, 0.1) is 6.92 Å². The Morgan fingerprint density at radius 1 is 0.900 bits per heavy atom. The molecule has 0 atom stereocenters. The molecule has 0 radical (unpaired) electrons. The minimum atomic E-state index is -0.429. The Balaban J connectivity index is 1.91. The maximum atomic E-state index is 13.1. The fraction of sp³-hybridized carbons (Fsp3) is 0.0400. The third kappa shape index (κ3) is 4.09. The van der Waals surface area contributed by atoms with Gasteiger partial charge in [-0.2, -0.15) is 0 Å². The highest BCUT2D eigenvalue weighted by Gasteiger charge is 2.19. The van der Waals surface area contributed by atoms with Gasteiger partial charge in [-0.1, -0.05) is 65.2 Å². The number of aromatic amines is 1. The Labute approximate surface area is 183 Å². The van der Waals surface area contributed by atoms with Crippen molar-refractivity contribution < 1.29 is 4.79 Å². The summed E-state index contributed by atoms with van der Waals surface area (Å²) >= 11 is 12.0. The van der Waals surface area contributed by atoms with Crippen LogP contribution in [0.5, 0.6) is 0 Å². The number of H-pyrrole nitrogens is 1. The SMILES string of the molecule is Cc1ccc2[nH]c(=O)c(C(=O)/C=C/c3ccc(Cl)cc3)c(-c3ccc(Cl)cc3)c2c1. The predicted octanol–water partition coefficient (Wildman–Crippen LogP) is 6.71. The number of carbonyl (C=O) groups excluding carboxylic acids is 1. The summed E-state index contributed by atoms with van der Waals surface area (Å²) in [5.41, 5.74) is 3.54. The molecule has 4 rings (SSSR count). The molecule has 4 aromatic rings. The summed E-state index contributed by atoms with van der Waals surface area (Å²) in [5.74, 6) is -0.375. The Kier molecular flexibility index (Phi) is 5.58. The van der Waals surface area contributed by atoms with Crippen LogP contribution in [0.25, 0.3) is 28.1 Å². The van der Waals surface area contributed by atoms with Gasteiger partial charge in [-0.25, -0.2) is 0 Å². The zero-order valence-electron chi connectivity index (χ0n) is 16.1. The van der Waals surface area contributed by atoms with E-state index in [2.05, 4.69) is 4.98 Å². The number of aryl methyl sites for hydroxylation is 1. The first-order valence-electron chi connectivity index (χ1n) is 9.33. The van der Waals surface area contributed by atoms with Gasteiger partial charge < -0.3 is 4.98 Å². The third-order valence-electron chi connectivity index (χ3n) is 4.85. The zero-order valence-corrected chi connectivity index (χ0v) is 17.6. The summed E-state index contributed by atoms with van der Waals surface area (Å²) in [6.07, 6.45) is 3.08. The molecule has 0 spiro atoms. The summed E-state index contributed by atoms with van der Waals surface area (Å²) in [5, 5.41) is 2.00. The molecule has 1 aromatic heterocycles. The van der Waals surface area contributed by atoms with Gasteiger partial charge in [0.05, 0.1) is 5.56 Å². The summed E-state index contributed by atoms with van der Waals surface area (Å²) in [7, 11) is 0. The second-order valence-electron chi connectivity index (χ2n) is 7.01. The average molecular weight is 434 g/mol. The highest BCUT2D eigenvalue weighted by molar-refractivity contribution is 6.31. The number of nitrogens with one attached hydrogen (secondary N) is 1. The van der Waals surface area contributed by atoms with E-state index in [4.69, 9.17) is 23.2 Å². The number of pyridine rings is 1. The molecule has 3 nitrogen and oxygen atoms in total. The van der Waals surface area contributed by atoms with E-state index < -0.39 is 5.56 Å². The monoisotopic (exact) mass is 433 g/mol. The van der Waals surface area contributed by atoms with Gasteiger partial charge in [0.15, 0.2) is 5.78 Å². The van der Waals surface area contributed by atoms with Crippen LogP contribution in [0.2, 0.25) is 10.0 Å². The molecule has 0 amide bonds. The van der Waals surface area contributed by atoms with E-state index in [9.17, 15) is 9.59 Å². The van der Waals surface area contributed by atoms with Crippen molar-refractivity contribution in [3.05, 3.63) is 110 Å². The highest BCUT2D eigenvalue weighted by atomic mass is 35.5. The lowest BCUT2D eigenvalue weighted by atomic mass is 9.93. The van der Waals surface area contributed by atoms with Crippen molar-refractivity contribution in [2.45, 2.75) is 6.92 Å². The van der Waals surface area contributed by atoms with Crippen molar-refractivity contribution in [2.24, 2.45) is 0 Å². The number of rotatable bonds is 4. The maximum Gasteiger partial charge on any atom is 0.260 e. The second kappa shape index (κ2) is 8.31. The minimum absolute atomic E-state index is 0.0978. The molecule has 0 aliphatic rings. The van der Waals surface area contributed by atoms with Crippen LogP contribution >= 0.6 is 23.2 Å². The van der Waals surface area contributed by atoms with E-state index in [1.807, 2.05) is 37.3 Å². The average Bonchev–Trinajstić information content (AvgIpc) is 2.73. The minimum Gasteiger partial charge on any atom is -0.321 e. The predicted molar refractivity (Wildman–Crippen MR) is 125 cm³/mol. The number of hydrogen-bond acceptors (Lipinski definition) is 2. The van der Waals surface area contributed by atoms with Gasteiger partial charge in [0.1, 0.15) is 0 Å². The number of halogens is 2. The fourth-order valence-electron chi connectivity index (χ4n) is 3.39. The lowest BCUT2D eigenvalue weighted by Gasteiger charge is -2.12. The molecule has 0 saturated heterocycles. The second-order valence-corrected chi connectivity index (χ2v) is 7.88. The number of ketones is 1. The van der Waals surface area contributed by atoms with Gasteiger partial charge in [-0.15, -0.1) is 0 Å². The van der Waals surface area contributed by atoms with E-state index >= 15 is 0 Å². The summed E-state index contributed by atoms with van der Waals surface area (Å²) in [6, 6.07) is 20.0. The van der Waals surface area contributed by atoms with Gasteiger partial charge in [0.2, 0.25) is 0 Å². The molecule has 1 N–H and O–H groups in total.